The summed E-state index contributed by atoms with van der Waals surface area (Å²) in [5.74, 6) is 1.09. The molecule has 0 radical (unpaired) electrons. The second-order valence-electron chi connectivity index (χ2n) is 4.00. The molecule has 8 nitrogen and oxygen atoms in total. The fraction of sp³-hybridized carbons (Fsp3) is 0.200. The van der Waals surface area contributed by atoms with Gasteiger partial charge in [-0.1, -0.05) is 0 Å². The van der Waals surface area contributed by atoms with Gasteiger partial charge in [0.2, 0.25) is 0 Å². The SMILES string of the molecule is NC(N)=[NH+]CC(c1c[nH]c(N)c1)c1cnc(N)[nH]1. The molecule has 0 aliphatic rings. The summed E-state index contributed by atoms with van der Waals surface area (Å²) in [6, 6.07) is 1.84. The van der Waals surface area contributed by atoms with E-state index in [0.717, 1.165) is 11.3 Å². The van der Waals surface area contributed by atoms with Crippen LogP contribution in [0.25, 0.3) is 0 Å². The largest absolute Gasteiger partial charge is 0.385 e. The zero-order valence-corrected chi connectivity index (χ0v) is 9.77. The molecule has 0 aliphatic carbocycles. The minimum atomic E-state index is -0.0227. The maximum atomic E-state index is 5.67. The molecule has 2 heterocycles. The normalized spacial score (nSPS) is 12.2. The Morgan fingerprint density at radius 2 is 2.17 bits per heavy atom. The monoisotopic (exact) mass is 249 g/mol. The zero-order valence-electron chi connectivity index (χ0n) is 9.77. The number of nitrogen functional groups attached to an aromatic ring is 2. The first-order chi connectivity index (χ1) is 8.56. The van der Waals surface area contributed by atoms with Crippen molar-refractivity contribution in [3.63, 3.8) is 0 Å². The average Bonchev–Trinajstić information content (AvgIpc) is 2.89. The van der Waals surface area contributed by atoms with Crippen molar-refractivity contribution in [3.8, 4) is 0 Å². The van der Waals surface area contributed by atoms with Crippen LogP contribution >= 0.6 is 0 Å². The van der Waals surface area contributed by atoms with E-state index in [1.165, 1.54) is 0 Å². The van der Waals surface area contributed by atoms with E-state index < -0.39 is 0 Å². The predicted octanol–water partition coefficient (Wildman–Crippen LogP) is -2.61. The van der Waals surface area contributed by atoms with Gasteiger partial charge in [0.05, 0.1) is 18.7 Å². The zero-order chi connectivity index (χ0) is 13.1. The van der Waals surface area contributed by atoms with Gasteiger partial charge in [-0.2, -0.15) is 0 Å². The highest BCUT2D eigenvalue weighted by molar-refractivity contribution is 5.69. The van der Waals surface area contributed by atoms with Gasteiger partial charge >= 0.3 is 5.96 Å². The Hall–Kier alpha value is -2.64. The molecular weight excluding hydrogens is 232 g/mol. The van der Waals surface area contributed by atoms with Crippen molar-refractivity contribution in [2.75, 3.05) is 18.0 Å². The molecule has 8 heteroatoms. The number of anilines is 2. The van der Waals surface area contributed by atoms with Crippen LogP contribution in [-0.4, -0.2) is 27.5 Å². The number of aromatic amines is 2. The maximum Gasteiger partial charge on any atom is 0.338 e. The number of hydrogen-bond acceptors (Lipinski definition) is 3. The summed E-state index contributed by atoms with van der Waals surface area (Å²) >= 11 is 0. The topological polar surface area (TPSA) is 163 Å². The van der Waals surface area contributed by atoms with Crippen LogP contribution in [-0.2, 0) is 0 Å². The third-order valence-electron chi connectivity index (χ3n) is 2.63. The molecule has 11 N–H and O–H groups in total. The Bertz CT molecular complexity index is 507. The molecule has 0 saturated carbocycles. The van der Waals surface area contributed by atoms with Crippen LogP contribution in [0.2, 0.25) is 0 Å². The lowest BCUT2D eigenvalue weighted by Gasteiger charge is -2.10. The van der Waals surface area contributed by atoms with Crippen molar-refractivity contribution in [1.82, 2.24) is 15.0 Å². The van der Waals surface area contributed by atoms with Crippen molar-refractivity contribution in [2.45, 2.75) is 5.92 Å². The van der Waals surface area contributed by atoms with E-state index in [1.54, 1.807) is 6.20 Å². The van der Waals surface area contributed by atoms with E-state index in [1.807, 2.05) is 12.3 Å². The maximum absolute atomic E-state index is 5.67. The number of rotatable bonds is 4. The summed E-state index contributed by atoms with van der Waals surface area (Å²) in [6.07, 6.45) is 3.50. The fourth-order valence-corrected chi connectivity index (χ4v) is 1.79. The number of aromatic nitrogens is 3. The molecule has 0 bridgehead atoms. The Morgan fingerprint density at radius 3 is 2.67 bits per heavy atom. The van der Waals surface area contributed by atoms with Gasteiger partial charge in [0.15, 0.2) is 5.95 Å². The van der Waals surface area contributed by atoms with E-state index in [9.17, 15) is 0 Å². The molecule has 0 aromatic carbocycles. The smallest absolute Gasteiger partial charge is 0.338 e. The first kappa shape index (κ1) is 11.8. The van der Waals surface area contributed by atoms with Crippen LogP contribution in [0.1, 0.15) is 17.2 Å². The highest BCUT2D eigenvalue weighted by atomic mass is 15.0. The minimum absolute atomic E-state index is 0.0227. The van der Waals surface area contributed by atoms with Gasteiger partial charge in [-0.05, 0) is 11.6 Å². The van der Waals surface area contributed by atoms with E-state index in [4.69, 9.17) is 22.9 Å². The van der Waals surface area contributed by atoms with Gasteiger partial charge in [0, 0.05) is 11.9 Å². The Labute approximate surface area is 103 Å². The van der Waals surface area contributed by atoms with Crippen molar-refractivity contribution >= 4 is 17.7 Å². The van der Waals surface area contributed by atoms with Crippen LogP contribution in [0.3, 0.4) is 0 Å². The number of imidazole rings is 1. The molecule has 0 amide bonds. The summed E-state index contributed by atoms with van der Waals surface area (Å²) in [5, 5.41) is 0. The number of guanidine groups is 1. The van der Waals surface area contributed by atoms with Crippen LogP contribution in [0.4, 0.5) is 11.8 Å². The molecule has 0 aliphatic heterocycles. The van der Waals surface area contributed by atoms with Gasteiger partial charge < -0.3 is 21.4 Å². The summed E-state index contributed by atoms with van der Waals surface area (Å²) in [4.78, 5) is 12.8. The lowest BCUT2D eigenvalue weighted by atomic mass is 9.99. The number of nitrogens with one attached hydrogen (secondary N) is 3. The van der Waals surface area contributed by atoms with Crippen LogP contribution in [0.15, 0.2) is 18.5 Å². The first-order valence-corrected chi connectivity index (χ1v) is 5.42. The predicted molar refractivity (Wildman–Crippen MR) is 69.3 cm³/mol. The Balaban J connectivity index is 2.31. The van der Waals surface area contributed by atoms with Gasteiger partial charge in [-0.3, -0.25) is 16.5 Å². The lowest BCUT2D eigenvalue weighted by Crippen LogP contribution is -2.79. The molecule has 0 spiro atoms. The minimum Gasteiger partial charge on any atom is -0.385 e. The van der Waals surface area contributed by atoms with Crippen LogP contribution < -0.4 is 27.9 Å². The van der Waals surface area contributed by atoms with Crippen LogP contribution in [0, 0.1) is 0 Å². The summed E-state index contributed by atoms with van der Waals surface area (Å²) in [5.41, 5.74) is 23.9. The molecule has 18 heavy (non-hydrogen) atoms. The second-order valence-corrected chi connectivity index (χ2v) is 4.00. The third-order valence-corrected chi connectivity index (χ3v) is 2.63. The number of H-pyrrole nitrogens is 2. The highest BCUT2D eigenvalue weighted by Gasteiger charge is 2.18. The molecule has 1 unspecified atom stereocenters. The van der Waals surface area contributed by atoms with Gasteiger partial charge in [-0.25, -0.2) is 4.98 Å². The van der Waals surface area contributed by atoms with E-state index >= 15 is 0 Å². The number of hydrogen-bond donors (Lipinski definition) is 7. The molecule has 0 fully saturated rings. The highest BCUT2D eigenvalue weighted by Crippen LogP contribution is 2.23. The molecule has 0 saturated heterocycles. The average molecular weight is 249 g/mol. The van der Waals surface area contributed by atoms with Gasteiger partial charge in [0.25, 0.3) is 0 Å². The van der Waals surface area contributed by atoms with Crippen molar-refractivity contribution in [3.05, 3.63) is 29.7 Å². The van der Waals surface area contributed by atoms with E-state index in [0.29, 0.717) is 18.3 Å². The Morgan fingerprint density at radius 1 is 1.39 bits per heavy atom. The summed E-state index contributed by atoms with van der Waals surface area (Å²) in [6.45, 7) is 0.515. The standard InChI is InChI=1S/C10H16N8/c11-8-1-5(2-15-8)6(3-16-9(12)13)7-4-17-10(14)18-7/h1-2,4,6,15H,3,11H2,(H4,12,13,16)(H3,14,17,18)/p+1. The van der Waals surface area contributed by atoms with Gasteiger partial charge in [0.1, 0.15) is 5.82 Å². The second kappa shape index (κ2) is 4.70. The lowest BCUT2D eigenvalue weighted by molar-refractivity contribution is -0.461. The molecular formula is C10H17N8+. The van der Waals surface area contributed by atoms with Gasteiger partial charge in [-0.15, -0.1) is 0 Å². The molecule has 96 valence electrons. The molecule has 1 atom stereocenters. The summed E-state index contributed by atoms with van der Waals surface area (Å²) < 4.78 is 0. The third kappa shape index (κ3) is 2.54. The van der Waals surface area contributed by atoms with Crippen molar-refractivity contribution in [1.29, 1.82) is 0 Å². The van der Waals surface area contributed by atoms with E-state index in [2.05, 4.69) is 19.9 Å². The Kier molecular flexibility index (Phi) is 3.09. The molecule has 2 aromatic heterocycles. The molecule has 2 rings (SSSR count). The van der Waals surface area contributed by atoms with E-state index in [-0.39, 0.29) is 11.9 Å². The number of nitrogens with zero attached hydrogens (tertiary/aromatic N) is 1. The number of nitrogens with two attached hydrogens (primary N) is 4. The van der Waals surface area contributed by atoms with Crippen LogP contribution in [0.5, 0.6) is 0 Å². The fourth-order valence-electron chi connectivity index (χ4n) is 1.79. The quantitative estimate of drug-likeness (QED) is 0.233. The summed E-state index contributed by atoms with van der Waals surface area (Å²) in [7, 11) is 0. The molecule has 2 aromatic rings. The van der Waals surface area contributed by atoms with Crippen molar-refractivity contribution in [2.24, 2.45) is 11.5 Å². The van der Waals surface area contributed by atoms with Crippen molar-refractivity contribution < 1.29 is 4.99 Å². The first-order valence-electron chi connectivity index (χ1n) is 5.42.